The molecule has 1 aliphatic carbocycles. The van der Waals surface area contributed by atoms with Crippen molar-refractivity contribution in [2.75, 3.05) is 20.3 Å². The number of hydrogen-bond donors (Lipinski definition) is 2. The number of ether oxygens (including phenoxy) is 1. The lowest BCUT2D eigenvalue weighted by Crippen LogP contribution is -2.45. The molecular formula is C14H28N2O. The van der Waals surface area contributed by atoms with Crippen LogP contribution in [0, 0.1) is 5.92 Å². The first kappa shape index (κ1) is 13.3. The van der Waals surface area contributed by atoms with Crippen LogP contribution in [0.1, 0.15) is 45.4 Å². The summed E-state index contributed by atoms with van der Waals surface area (Å²) in [5.41, 5.74) is 0. The first-order chi connectivity index (χ1) is 8.31. The van der Waals surface area contributed by atoms with E-state index in [1.165, 1.54) is 38.6 Å². The Kier molecular flexibility index (Phi) is 5.26. The molecule has 1 saturated heterocycles. The van der Waals surface area contributed by atoms with Gasteiger partial charge in [-0.15, -0.1) is 0 Å². The van der Waals surface area contributed by atoms with Crippen LogP contribution in [0.5, 0.6) is 0 Å². The van der Waals surface area contributed by atoms with Crippen LogP contribution >= 0.6 is 0 Å². The second-order valence-electron chi connectivity index (χ2n) is 5.75. The molecule has 0 spiro atoms. The van der Waals surface area contributed by atoms with Crippen LogP contribution in [0.2, 0.25) is 0 Å². The minimum atomic E-state index is 0.585. The summed E-state index contributed by atoms with van der Waals surface area (Å²) in [4.78, 5) is 0. The molecule has 4 unspecified atom stereocenters. The van der Waals surface area contributed by atoms with Gasteiger partial charge in [0.05, 0.1) is 0 Å². The second-order valence-corrected chi connectivity index (χ2v) is 5.75. The maximum absolute atomic E-state index is 5.15. The lowest BCUT2D eigenvalue weighted by molar-refractivity contribution is 0.179. The molecule has 1 saturated carbocycles. The molecule has 1 heterocycles. The molecule has 0 radical (unpaired) electrons. The van der Waals surface area contributed by atoms with Crippen LogP contribution in [0.15, 0.2) is 0 Å². The SMILES string of the molecule is COCCC(C)NC1CCCC1C1CCCN1. The normalized spacial score (nSPS) is 35.3. The fourth-order valence-corrected chi connectivity index (χ4v) is 3.50. The van der Waals surface area contributed by atoms with Crippen molar-refractivity contribution in [3.05, 3.63) is 0 Å². The predicted molar refractivity (Wildman–Crippen MR) is 71.2 cm³/mol. The van der Waals surface area contributed by atoms with E-state index < -0.39 is 0 Å². The summed E-state index contributed by atoms with van der Waals surface area (Å²) in [6, 6.07) is 2.10. The molecule has 3 heteroatoms. The number of methoxy groups -OCH3 is 1. The molecule has 2 rings (SSSR count). The summed E-state index contributed by atoms with van der Waals surface area (Å²) in [6.07, 6.45) is 8.05. The van der Waals surface area contributed by atoms with Gasteiger partial charge >= 0.3 is 0 Å². The molecule has 0 amide bonds. The Labute approximate surface area is 106 Å². The van der Waals surface area contributed by atoms with Gasteiger partial charge in [0.25, 0.3) is 0 Å². The van der Waals surface area contributed by atoms with Crippen LogP contribution in [-0.2, 0) is 4.74 Å². The van der Waals surface area contributed by atoms with Gasteiger partial charge in [0, 0.05) is 31.8 Å². The number of hydrogen-bond acceptors (Lipinski definition) is 3. The van der Waals surface area contributed by atoms with Crippen molar-refractivity contribution >= 4 is 0 Å². The van der Waals surface area contributed by atoms with E-state index >= 15 is 0 Å². The maximum Gasteiger partial charge on any atom is 0.0476 e. The summed E-state index contributed by atoms with van der Waals surface area (Å²) < 4.78 is 5.15. The Hall–Kier alpha value is -0.120. The highest BCUT2D eigenvalue weighted by molar-refractivity contribution is 4.93. The summed E-state index contributed by atoms with van der Waals surface area (Å²) in [5.74, 6) is 0.863. The van der Waals surface area contributed by atoms with E-state index in [4.69, 9.17) is 4.74 Å². The second kappa shape index (κ2) is 6.72. The zero-order valence-corrected chi connectivity index (χ0v) is 11.4. The van der Waals surface area contributed by atoms with E-state index in [0.29, 0.717) is 6.04 Å². The van der Waals surface area contributed by atoms with Gasteiger partial charge in [0.2, 0.25) is 0 Å². The van der Waals surface area contributed by atoms with Crippen LogP contribution in [0.4, 0.5) is 0 Å². The fourth-order valence-electron chi connectivity index (χ4n) is 3.50. The van der Waals surface area contributed by atoms with Crippen LogP contribution in [0.3, 0.4) is 0 Å². The van der Waals surface area contributed by atoms with Crippen molar-refractivity contribution in [1.29, 1.82) is 0 Å². The minimum absolute atomic E-state index is 0.585. The van der Waals surface area contributed by atoms with Gasteiger partial charge in [0.15, 0.2) is 0 Å². The molecule has 0 bridgehead atoms. The monoisotopic (exact) mass is 240 g/mol. The Morgan fingerprint density at radius 2 is 2.18 bits per heavy atom. The Morgan fingerprint density at radius 1 is 1.29 bits per heavy atom. The molecule has 3 nitrogen and oxygen atoms in total. The third-order valence-electron chi connectivity index (χ3n) is 4.44. The average molecular weight is 240 g/mol. The molecule has 0 aromatic heterocycles. The molecule has 17 heavy (non-hydrogen) atoms. The van der Waals surface area contributed by atoms with Crippen molar-refractivity contribution in [3.63, 3.8) is 0 Å². The summed E-state index contributed by atoms with van der Waals surface area (Å²) in [6.45, 7) is 4.39. The first-order valence-electron chi connectivity index (χ1n) is 7.29. The molecule has 100 valence electrons. The largest absolute Gasteiger partial charge is 0.385 e. The van der Waals surface area contributed by atoms with Crippen LogP contribution < -0.4 is 10.6 Å². The van der Waals surface area contributed by atoms with Gasteiger partial charge < -0.3 is 15.4 Å². The van der Waals surface area contributed by atoms with E-state index in [2.05, 4.69) is 17.6 Å². The van der Waals surface area contributed by atoms with E-state index in [1.807, 2.05) is 0 Å². The molecule has 1 aliphatic heterocycles. The van der Waals surface area contributed by atoms with Gasteiger partial charge in [-0.05, 0) is 51.5 Å². The molecular weight excluding hydrogens is 212 g/mol. The Bertz CT molecular complexity index is 216. The molecule has 2 aliphatic rings. The van der Waals surface area contributed by atoms with Crippen LogP contribution in [-0.4, -0.2) is 38.4 Å². The molecule has 2 fully saturated rings. The van der Waals surface area contributed by atoms with E-state index in [-0.39, 0.29) is 0 Å². The zero-order valence-electron chi connectivity index (χ0n) is 11.4. The van der Waals surface area contributed by atoms with Crippen molar-refractivity contribution < 1.29 is 4.74 Å². The van der Waals surface area contributed by atoms with E-state index in [0.717, 1.165) is 31.0 Å². The zero-order chi connectivity index (χ0) is 12.1. The minimum Gasteiger partial charge on any atom is -0.385 e. The summed E-state index contributed by atoms with van der Waals surface area (Å²) in [5, 5.41) is 7.50. The van der Waals surface area contributed by atoms with Gasteiger partial charge in [-0.1, -0.05) is 6.42 Å². The fraction of sp³-hybridized carbons (Fsp3) is 1.00. The van der Waals surface area contributed by atoms with Crippen LogP contribution in [0.25, 0.3) is 0 Å². The summed E-state index contributed by atoms with van der Waals surface area (Å²) >= 11 is 0. The highest BCUT2D eigenvalue weighted by Crippen LogP contribution is 2.32. The third-order valence-corrected chi connectivity index (χ3v) is 4.44. The molecule has 4 atom stereocenters. The lowest BCUT2D eigenvalue weighted by Gasteiger charge is -2.29. The summed E-state index contributed by atoms with van der Waals surface area (Å²) in [7, 11) is 1.79. The standard InChI is InChI=1S/C14H28N2O/c1-11(8-10-17-2)16-14-6-3-5-12(14)13-7-4-9-15-13/h11-16H,3-10H2,1-2H3. The first-order valence-corrected chi connectivity index (χ1v) is 7.29. The third kappa shape index (κ3) is 3.67. The number of rotatable bonds is 6. The van der Waals surface area contributed by atoms with Gasteiger partial charge in [-0.3, -0.25) is 0 Å². The van der Waals surface area contributed by atoms with Gasteiger partial charge in [-0.2, -0.15) is 0 Å². The molecule has 0 aromatic carbocycles. The quantitative estimate of drug-likeness (QED) is 0.744. The lowest BCUT2D eigenvalue weighted by atomic mass is 9.92. The molecule has 2 N–H and O–H groups in total. The number of nitrogens with one attached hydrogen (secondary N) is 2. The van der Waals surface area contributed by atoms with E-state index in [1.54, 1.807) is 7.11 Å². The topological polar surface area (TPSA) is 33.3 Å². The van der Waals surface area contributed by atoms with Crippen molar-refractivity contribution in [2.24, 2.45) is 5.92 Å². The Balaban J connectivity index is 1.78. The predicted octanol–water partition coefficient (Wildman–Crippen LogP) is 1.92. The average Bonchev–Trinajstić information content (AvgIpc) is 2.95. The smallest absolute Gasteiger partial charge is 0.0476 e. The van der Waals surface area contributed by atoms with Crippen molar-refractivity contribution in [3.8, 4) is 0 Å². The van der Waals surface area contributed by atoms with Crippen molar-refractivity contribution in [1.82, 2.24) is 10.6 Å². The van der Waals surface area contributed by atoms with Gasteiger partial charge in [-0.25, -0.2) is 0 Å². The maximum atomic E-state index is 5.15. The Morgan fingerprint density at radius 3 is 2.88 bits per heavy atom. The highest BCUT2D eigenvalue weighted by Gasteiger charge is 2.35. The molecule has 0 aromatic rings. The highest BCUT2D eigenvalue weighted by atomic mass is 16.5. The van der Waals surface area contributed by atoms with Crippen molar-refractivity contribution in [2.45, 2.75) is 63.6 Å². The van der Waals surface area contributed by atoms with Gasteiger partial charge in [0.1, 0.15) is 0 Å². The van der Waals surface area contributed by atoms with E-state index in [9.17, 15) is 0 Å².